The minimum atomic E-state index is 0.894. The lowest BCUT2D eigenvalue weighted by atomic mass is 10.3. The van der Waals surface area contributed by atoms with Crippen molar-refractivity contribution in [3.8, 4) is 0 Å². The summed E-state index contributed by atoms with van der Waals surface area (Å²) in [6, 6.07) is 0. The Labute approximate surface area is 81.4 Å². The fourth-order valence-corrected chi connectivity index (χ4v) is 1.20. The number of rotatable bonds is 6. The van der Waals surface area contributed by atoms with Crippen LogP contribution in [0.1, 0.15) is 12.8 Å². The second kappa shape index (κ2) is 9.72. The molecular formula is C7H13ClIN. The molecule has 0 radical (unpaired) electrons. The topological polar surface area (TPSA) is 12.0 Å². The van der Waals surface area contributed by atoms with Crippen LogP contribution in [0.2, 0.25) is 0 Å². The smallest absolute Gasteiger partial charge is 0.0146 e. The number of halogens is 2. The summed E-state index contributed by atoms with van der Waals surface area (Å²) in [6.45, 7) is 2.00. The number of nitrogens with one attached hydrogen (secondary N) is 1. The molecule has 0 spiro atoms. The number of hydrogen-bond acceptors (Lipinski definition) is 1. The van der Waals surface area contributed by atoms with Crippen LogP contribution in [0.15, 0.2) is 11.6 Å². The van der Waals surface area contributed by atoms with Crippen LogP contribution in [0.5, 0.6) is 0 Å². The van der Waals surface area contributed by atoms with Gasteiger partial charge in [-0.15, -0.1) is 0 Å². The standard InChI is InChI=1S/C7H13ClIN/c8-4-3-7-10-6-2-1-5-9/h3-4,10H,1-2,5-7H2/b4-3+. The largest absolute Gasteiger partial charge is 0.313 e. The zero-order valence-corrected chi connectivity index (χ0v) is 8.86. The van der Waals surface area contributed by atoms with Crippen LogP contribution >= 0.6 is 34.2 Å². The van der Waals surface area contributed by atoms with Gasteiger partial charge in [-0.2, -0.15) is 0 Å². The van der Waals surface area contributed by atoms with Crippen LogP contribution in [-0.4, -0.2) is 17.5 Å². The number of hydrogen-bond donors (Lipinski definition) is 1. The van der Waals surface area contributed by atoms with Crippen molar-refractivity contribution in [2.45, 2.75) is 12.8 Å². The number of unbranched alkanes of at least 4 members (excludes halogenated alkanes) is 1. The highest BCUT2D eigenvalue weighted by molar-refractivity contribution is 14.1. The van der Waals surface area contributed by atoms with Crippen molar-refractivity contribution in [2.75, 3.05) is 17.5 Å². The predicted octanol–water partition coefficient (Wildman–Crippen LogP) is 2.54. The van der Waals surface area contributed by atoms with Gasteiger partial charge < -0.3 is 5.32 Å². The molecule has 3 heteroatoms. The first kappa shape index (κ1) is 10.7. The molecule has 0 fully saturated rings. The molecular weight excluding hydrogens is 260 g/mol. The molecule has 0 aromatic heterocycles. The van der Waals surface area contributed by atoms with Crippen LogP contribution in [0.4, 0.5) is 0 Å². The predicted molar refractivity (Wildman–Crippen MR) is 56.0 cm³/mol. The van der Waals surface area contributed by atoms with Crippen molar-refractivity contribution in [2.24, 2.45) is 0 Å². The van der Waals surface area contributed by atoms with E-state index in [9.17, 15) is 0 Å². The Hall–Kier alpha value is 0.720. The molecule has 0 unspecified atom stereocenters. The average molecular weight is 274 g/mol. The molecule has 0 aromatic carbocycles. The third-order valence-corrected chi connectivity index (χ3v) is 2.03. The van der Waals surface area contributed by atoms with Gasteiger partial charge in [0.15, 0.2) is 0 Å². The molecule has 0 atom stereocenters. The second-order valence-corrected chi connectivity index (χ2v) is 3.29. The molecule has 0 saturated carbocycles. The first-order valence-electron chi connectivity index (χ1n) is 3.43. The van der Waals surface area contributed by atoms with Gasteiger partial charge >= 0.3 is 0 Å². The lowest BCUT2D eigenvalue weighted by Crippen LogP contribution is -2.14. The van der Waals surface area contributed by atoms with Crippen molar-refractivity contribution >= 4 is 34.2 Å². The molecule has 0 rings (SSSR count). The molecule has 60 valence electrons. The first-order valence-corrected chi connectivity index (χ1v) is 5.40. The summed E-state index contributed by atoms with van der Waals surface area (Å²) in [4.78, 5) is 0. The fourth-order valence-electron chi connectivity index (χ4n) is 0.574. The summed E-state index contributed by atoms with van der Waals surface area (Å²) < 4.78 is 1.25. The summed E-state index contributed by atoms with van der Waals surface area (Å²) >= 11 is 7.71. The molecule has 1 nitrogen and oxygen atoms in total. The Morgan fingerprint density at radius 3 is 2.80 bits per heavy atom. The Morgan fingerprint density at radius 2 is 2.20 bits per heavy atom. The highest BCUT2D eigenvalue weighted by Crippen LogP contribution is 1.91. The SMILES string of the molecule is Cl/C=C/CNCCCCI. The normalized spacial score (nSPS) is 11.0. The molecule has 0 aliphatic rings. The van der Waals surface area contributed by atoms with Gasteiger partial charge in [-0.05, 0) is 23.8 Å². The summed E-state index contributed by atoms with van der Waals surface area (Å²) in [5, 5.41) is 3.25. The van der Waals surface area contributed by atoms with Crippen LogP contribution in [-0.2, 0) is 0 Å². The maximum atomic E-state index is 5.32. The summed E-state index contributed by atoms with van der Waals surface area (Å²) in [6.07, 6.45) is 4.48. The summed E-state index contributed by atoms with van der Waals surface area (Å²) in [7, 11) is 0. The molecule has 10 heavy (non-hydrogen) atoms. The van der Waals surface area contributed by atoms with Crippen molar-refractivity contribution < 1.29 is 0 Å². The van der Waals surface area contributed by atoms with Crippen molar-refractivity contribution in [3.05, 3.63) is 11.6 Å². The van der Waals surface area contributed by atoms with Gasteiger partial charge in [-0.1, -0.05) is 40.3 Å². The van der Waals surface area contributed by atoms with Crippen LogP contribution in [0, 0.1) is 0 Å². The van der Waals surface area contributed by atoms with E-state index in [1.807, 2.05) is 6.08 Å². The van der Waals surface area contributed by atoms with E-state index in [2.05, 4.69) is 27.9 Å². The van der Waals surface area contributed by atoms with Crippen molar-refractivity contribution in [1.82, 2.24) is 5.32 Å². The van der Waals surface area contributed by atoms with Gasteiger partial charge in [0.25, 0.3) is 0 Å². The molecule has 0 aliphatic heterocycles. The molecule has 0 amide bonds. The van der Waals surface area contributed by atoms with Crippen LogP contribution in [0.3, 0.4) is 0 Å². The maximum Gasteiger partial charge on any atom is 0.0146 e. The summed E-state index contributed by atoms with van der Waals surface area (Å²) in [5.41, 5.74) is 1.55. The third-order valence-electron chi connectivity index (χ3n) is 1.09. The van der Waals surface area contributed by atoms with E-state index in [1.165, 1.54) is 17.3 Å². The average Bonchev–Trinajstić information content (AvgIpc) is 1.97. The fraction of sp³-hybridized carbons (Fsp3) is 0.714. The van der Waals surface area contributed by atoms with Crippen molar-refractivity contribution in [3.63, 3.8) is 0 Å². The van der Waals surface area contributed by atoms with Gasteiger partial charge in [0.1, 0.15) is 0 Å². The first-order chi connectivity index (χ1) is 4.91. The van der Waals surface area contributed by atoms with E-state index >= 15 is 0 Å². The lowest BCUT2D eigenvalue weighted by molar-refractivity contribution is 0.687. The molecule has 0 aromatic rings. The molecule has 0 bridgehead atoms. The van der Waals surface area contributed by atoms with E-state index in [0.29, 0.717) is 0 Å². The zero-order valence-electron chi connectivity index (χ0n) is 5.95. The Bertz CT molecular complexity index is 85.7. The monoisotopic (exact) mass is 273 g/mol. The summed E-state index contributed by atoms with van der Waals surface area (Å²) in [5.74, 6) is 0. The Morgan fingerprint density at radius 1 is 1.40 bits per heavy atom. The van der Waals surface area contributed by atoms with Gasteiger partial charge in [0, 0.05) is 12.1 Å². The van der Waals surface area contributed by atoms with Gasteiger partial charge in [-0.25, -0.2) is 0 Å². The van der Waals surface area contributed by atoms with Gasteiger partial charge in [0.05, 0.1) is 0 Å². The van der Waals surface area contributed by atoms with E-state index in [-0.39, 0.29) is 0 Å². The Balaban J connectivity index is 2.77. The minimum absolute atomic E-state index is 0.894. The van der Waals surface area contributed by atoms with Gasteiger partial charge in [0.2, 0.25) is 0 Å². The molecule has 0 saturated heterocycles. The second-order valence-electron chi connectivity index (χ2n) is 1.96. The minimum Gasteiger partial charge on any atom is -0.313 e. The van der Waals surface area contributed by atoms with Crippen molar-refractivity contribution in [1.29, 1.82) is 0 Å². The van der Waals surface area contributed by atoms with Crippen LogP contribution in [0.25, 0.3) is 0 Å². The van der Waals surface area contributed by atoms with E-state index in [0.717, 1.165) is 13.1 Å². The zero-order chi connectivity index (χ0) is 7.66. The Kier molecular flexibility index (Phi) is 10.4. The molecule has 0 heterocycles. The quantitative estimate of drug-likeness (QED) is 0.445. The number of alkyl halides is 1. The lowest BCUT2D eigenvalue weighted by Gasteiger charge is -1.97. The maximum absolute atomic E-state index is 5.32. The van der Waals surface area contributed by atoms with E-state index < -0.39 is 0 Å². The molecule has 1 N–H and O–H groups in total. The van der Waals surface area contributed by atoms with Gasteiger partial charge in [-0.3, -0.25) is 0 Å². The van der Waals surface area contributed by atoms with Crippen LogP contribution < -0.4 is 5.32 Å². The van der Waals surface area contributed by atoms with E-state index in [1.54, 1.807) is 5.54 Å². The molecule has 0 aliphatic carbocycles. The third kappa shape index (κ3) is 8.72. The highest BCUT2D eigenvalue weighted by atomic mass is 127. The highest BCUT2D eigenvalue weighted by Gasteiger charge is 1.83. The van der Waals surface area contributed by atoms with E-state index in [4.69, 9.17) is 11.6 Å².